The van der Waals surface area contributed by atoms with E-state index < -0.39 is 0 Å². The largest absolute Gasteiger partial charge is 0.360 e. The van der Waals surface area contributed by atoms with Crippen molar-refractivity contribution in [1.82, 2.24) is 24.8 Å². The number of aromatic nitrogens is 4. The summed E-state index contributed by atoms with van der Waals surface area (Å²) in [5.74, 6) is 0. The van der Waals surface area contributed by atoms with Gasteiger partial charge in [-0.1, -0.05) is 12.8 Å². The number of fused-ring (bicyclic) bond motifs is 1. The van der Waals surface area contributed by atoms with Crippen LogP contribution in [0.2, 0.25) is 0 Å². The Kier molecular flexibility index (Phi) is 5.19. The predicted octanol–water partition coefficient (Wildman–Crippen LogP) is 5.19. The molecule has 7 heteroatoms. The first kappa shape index (κ1) is 18.8. The van der Waals surface area contributed by atoms with Gasteiger partial charge in [-0.15, -0.1) is 0 Å². The highest BCUT2D eigenvalue weighted by Crippen LogP contribution is 2.30. The molecule has 3 aromatic heterocycles. The maximum absolute atomic E-state index is 5.67. The molecule has 0 saturated carbocycles. The Labute approximate surface area is 180 Å². The van der Waals surface area contributed by atoms with Gasteiger partial charge in [0.15, 0.2) is 5.11 Å². The minimum Gasteiger partial charge on any atom is -0.360 e. The van der Waals surface area contributed by atoms with Gasteiger partial charge in [-0.2, -0.15) is 0 Å². The summed E-state index contributed by atoms with van der Waals surface area (Å²) >= 11 is 5.67. The molecular weight excluding hydrogens is 392 g/mol. The SMILES string of the molecule is S=C(Nc1ccc2nc(-c3ccc[nH]3)c(-c3ccc[nH]3)nc2c1)N1CCCCCC1. The molecule has 0 radical (unpaired) electrons. The van der Waals surface area contributed by atoms with E-state index in [1.165, 1.54) is 25.7 Å². The van der Waals surface area contributed by atoms with Gasteiger partial charge in [0, 0.05) is 31.2 Å². The summed E-state index contributed by atoms with van der Waals surface area (Å²) in [5.41, 5.74) is 6.15. The van der Waals surface area contributed by atoms with E-state index in [-0.39, 0.29) is 0 Å². The van der Waals surface area contributed by atoms with Crippen LogP contribution in [0.3, 0.4) is 0 Å². The summed E-state index contributed by atoms with van der Waals surface area (Å²) < 4.78 is 0. The lowest BCUT2D eigenvalue weighted by Crippen LogP contribution is -2.35. The second kappa shape index (κ2) is 8.28. The van der Waals surface area contributed by atoms with Crippen molar-refractivity contribution in [1.29, 1.82) is 0 Å². The summed E-state index contributed by atoms with van der Waals surface area (Å²) in [4.78, 5) is 18.6. The van der Waals surface area contributed by atoms with Crippen LogP contribution in [0.1, 0.15) is 25.7 Å². The maximum Gasteiger partial charge on any atom is 0.173 e. The summed E-state index contributed by atoms with van der Waals surface area (Å²) in [6, 6.07) is 14.0. The number of hydrogen-bond acceptors (Lipinski definition) is 3. The fraction of sp³-hybridized carbons (Fsp3) is 0.261. The summed E-state index contributed by atoms with van der Waals surface area (Å²) in [6.07, 6.45) is 8.77. The van der Waals surface area contributed by atoms with Gasteiger partial charge < -0.3 is 20.2 Å². The molecule has 1 aliphatic rings. The van der Waals surface area contributed by atoms with Gasteiger partial charge in [0.2, 0.25) is 0 Å². The third-order valence-electron chi connectivity index (χ3n) is 5.51. The highest BCUT2D eigenvalue weighted by Gasteiger charge is 2.16. The molecule has 0 aliphatic carbocycles. The quantitative estimate of drug-likeness (QED) is 0.401. The van der Waals surface area contributed by atoms with E-state index >= 15 is 0 Å². The molecule has 0 amide bonds. The minimum atomic E-state index is 0.789. The molecule has 0 atom stereocenters. The third-order valence-corrected chi connectivity index (χ3v) is 5.88. The number of thiocarbonyl (C=S) groups is 1. The Balaban J connectivity index is 1.50. The van der Waals surface area contributed by atoms with Crippen LogP contribution in [0.4, 0.5) is 5.69 Å². The number of anilines is 1. The molecule has 1 aliphatic heterocycles. The zero-order chi connectivity index (χ0) is 20.3. The molecule has 0 unspecified atom stereocenters. The summed E-state index contributed by atoms with van der Waals surface area (Å²) in [5, 5.41) is 4.19. The highest BCUT2D eigenvalue weighted by atomic mass is 32.1. The van der Waals surface area contributed by atoms with E-state index in [9.17, 15) is 0 Å². The second-order valence-electron chi connectivity index (χ2n) is 7.62. The van der Waals surface area contributed by atoms with Crippen LogP contribution in [0.25, 0.3) is 33.8 Å². The maximum atomic E-state index is 5.67. The zero-order valence-electron chi connectivity index (χ0n) is 16.7. The number of aromatic amines is 2. The lowest BCUT2D eigenvalue weighted by atomic mass is 10.1. The van der Waals surface area contributed by atoms with Crippen molar-refractivity contribution in [2.45, 2.75) is 25.7 Å². The highest BCUT2D eigenvalue weighted by molar-refractivity contribution is 7.80. The Morgan fingerprint density at radius 3 is 2.07 bits per heavy atom. The van der Waals surface area contributed by atoms with E-state index in [4.69, 9.17) is 22.2 Å². The van der Waals surface area contributed by atoms with Crippen LogP contribution >= 0.6 is 12.2 Å². The molecule has 4 aromatic rings. The van der Waals surface area contributed by atoms with Crippen LogP contribution in [0.15, 0.2) is 54.9 Å². The van der Waals surface area contributed by atoms with Crippen molar-refractivity contribution >= 4 is 34.1 Å². The number of nitrogens with one attached hydrogen (secondary N) is 3. The van der Waals surface area contributed by atoms with Gasteiger partial charge in [-0.3, -0.25) is 0 Å². The van der Waals surface area contributed by atoms with Gasteiger partial charge in [0.05, 0.1) is 22.4 Å². The van der Waals surface area contributed by atoms with Crippen LogP contribution in [0, 0.1) is 0 Å². The van der Waals surface area contributed by atoms with Crippen molar-refractivity contribution in [3.8, 4) is 22.8 Å². The molecule has 152 valence electrons. The van der Waals surface area contributed by atoms with Crippen molar-refractivity contribution in [2.75, 3.05) is 18.4 Å². The fourth-order valence-corrected chi connectivity index (χ4v) is 4.24. The minimum absolute atomic E-state index is 0.789. The predicted molar refractivity (Wildman–Crippen MR) is 125 cm³/mol. The zero-order valence-corrected chi connectivity index (χ0v) is 17.5. The average molecular weight is 417 g/mol. The number of likely N-dealkylation sites (tertiary alicyclic amines) is 1. The van der Waals surface area contributed by atoms with Crippen molar-refractivity contribution in [3.63, 3.8) is 0 Å². The average Bonchev–Trinajstić information content (AvgIpc) is 3.43. The van der Waals surface area contributed by atoms with Crippen molar-refractivity contribution in [2.24, 2.45) is 0 Å². The molecule has 0 spiro atoms. The monoisotopic (exact) mass is 416 g/mol. The van der Waals surface area contributed by atoms with E-state index in [2.05, 4.69) is 20.2 Å². The van der Waals surface area contributed by atoms with E-state index in [1.54, 1.807) is 0 Å². The van der Waals surface area contributed by atoms with Crippen LogP contribution < -0.4 is 5.32 Å². The Morgan fingerprint density at radius 2 is 1.47 bits per heavy atom. The molecular formula is C23H24N6S. The van der Waals surface area contributed by atoms with Gasteiger partial charge in [0.1, 0.15) is 11.4 Å². The molecule has 4 heterocycles. The molecule has 6 nitrogen and oxygen atoms in total. The first-order valence-corrected chi connectivity index (χ1v) is 10.8. The summed E-state index contributed by atoms with van der Waals surface area (Å²) in [6.45, 7) is 2.05. The fourth-order valence-electron chi connectivity index (χ4n) is 3.94. The Bertz CT molecular complexity index is 1140. The van der Waals surface area contributed by atoms with Gasteiger partial charge in [0.25, 0.3) is 0 Å². The van der Waals surface area contributed by atoms with Crippen molar-refractivity contribution in [3.05, 3.63) is 54.9 Å². The number of benzene rings is 1. The van der Waals surface area contributed by atoms with Gasteiger partial charge in [-0.05, 0) is 67.5 Å². The van der Waals surface area contributed by atoms with Gasteiger partial charge in [-0.25, -0.2) is 9.97 Å². The van der Waals surface area contributed by atoms with Crippen LogP contribution in [-0.2, 0) is 0 Å². The lowest BCUT2D eigenvalue weighted by Gasteiger charge is -2.24. The smallest absolute Gasteiger partial charge is 0.173 e. The van der Waals surface area contributed by atoms with Crippen LogP contribution in [-0.4, -0.2) is 43.0 Å². The summed E-state index contributed by atoms with van der Waals surface area (Å²) in [7, 11) is 0. The number of nitrogens with zero attached hydrogens (tertiary/aromatic N) is 3. The van der Waals surface area contributed by atoms with Crippen molar-refractivity contribution < 1.29 is 0 Å². The Hall–Kier alpha value is -3.19. The molecule has 1 saturated heterocycles. The third kappa shape index (κ3) is 3.80. The first-order valence-electron chi connectivity index (χ1n) is 10.4. The van der Waals surface area contributed by atoms with E-state index in [0.717, 1.165) is 57.7 Å². The van der Waals surface area contributed by atoms with E-state index in [1.807, 2.05) is 54.9 Å². The molecule has 1 fully saturated rings. The Morgan fingerprint density at radius 1 is 0.833 bits per heavy atom. The van der Waals surface area contributed by atoms with E-state index in [0.29, 0.717) is 0 Å². The normalized spacial score (nSPS) is 14.6. The van der Waals surface area contributed by atoms with Gasteiger partial charge >= 0.3 is 0 Å². The topological polar surface area (TPSA) is 72.6 Å². The number of rotatable bonds is 3. The number of H-pyrrole nitrogens is 2. The molecule has 0 bridgehead atoms. The second-order valence-corrected chi connectivity index (χ2v) is 8.01. The molecule has 3 N–H and O–H groups in total. The molecule has 1 aromatic carbocycles. The van der Waals surface area contributed by atoms with Crippen LogP contribution in [0.5, 0.6) is 0 Å². The number of hydrogen-bond donors (Lipinski definition) is 3. The molecule has 5 rings (SSSR count). The standard InChI is InChI=1S/C23H24N6S/c30-23(29-13-3-1-2-4-14-29)26-16-9-10-17-20(15-16)28-22(19-8-6-12-25-19)21(27-17)18-7-5-11-24-18/h5-12,15,24-25H,1-4,13-14H2,(H,26,30). The lowest BCUT2D eigenvalue weighted by molar-refractivity contribution is 0.441. The first-order chi connectivity index (χ1) is 14.8. The molecule has 30 heavy (non-hydrogen) atoms.